The first-order valence-electron chi connectivity index (χ1n) is 3.95. The summed E-state index contributed by atoms with van der Waals surface area (Å²) in [5.74, 6) is -0.188. The lowest BCUT2D eigenvalue weighted by Gasteiger charge is -2.20. The molecule has 0 N–H and O–H groups in total. The lowest BCUT2D eigenvalue weighted by atomic mass is 9.86. The molecule has 0 radical (unpaired) electrons. The Morgan fingerprint density at radius 1 is 1.58 bits per heavy atom. The van der Waals surface area contributed by atoms with E-state index in [4.69, 9.17) is 9.78 Å². The van der Waals surface area contributed by atoms with Crippen LogP contribution in [0.3, 0.4) is 0 Å². The van der Waals surface area contributed by atoms with E-state index in [-0.39, 0.29) is 11.7 Å². The van der Waals surface area contributed by atoms with Gasteiger partial charge in [-0.2, -0.15) is 0 Å². The molecule has 1 saturated heterocycles. The summed E-state index contributed by atoms with van der Waals surface area (Å²) in [5.41, 5.74) is 0.0397. The molecule has 12 heavy (non-hydrogen) atoms. The van der Waals surface area contributed by atoms with Crippen molar-refractivity contribution in [2.75, 3.05) is 6.61 Å². The fraction of sp³-hybridized carbons (Fsp3) is 0.667. The Morgan fingerprint density at radius 2 is 2.17 bits per heavy atom. The first-order valence-corrected chi connectivity index (χ1v) is 3.95. The molecule has 1 heterocycles. The Bertz CT molecular complexity index is 218. The van der Waals surface area contributed by atoms with Crippen LogP contribution in [0.15, 0.2) is 12.2 Å². The van der Waals surface area contributed by atoms with Gasteiger partial charge in [-0.3, -0.25) is 4.79 Å². The maximum Gasteiger partial charge on any atom is 0.166 e. The molecule has 1 aliphatic heterocycles. The van der Waals surface area contributed by atoms with Crippen LogP contribution in [0.2, 0.25) is 0 Å². The SMILES string of the molecule is C=C(C)C(=O)C1COOC1(C)C. The molecule has 1 atom stereocenters. The van der Waals surface area contributed by atoms with Crippen LogP contribution in [-0.2, 0) is 14.6 Å². The third-order valence-corrected chi connectivity index (χ3v) is 2.08. The van der Waals surface area contributed by atoms with Crippen LogP contribution in [0, 0.1) is 5.92 Å². The van der Waals surface area contributed by atoms with E-state index in [2.05, 4.69) is 6.58 Å². The second kappa shape index (κ2) is 2.99. The molecule has 3 heteroatoms. The van der Waals surface area contributed by atoms with E-state index in [1.165, 1.54) is 0 Å². The quantitative estimate of drug-likeness (QED) is 0.465. The Balaban J connectivity index is 2.76. The molecule has 0 amide bonds. The van der Waals surface area contributed by atoms with Crippen molar-refractivity contribution >= 4 is 5.78 Å². The minimum Gasteiger partial charge on any atom is -0.294 e. The largest absolute Gasteiger partial charge is 0.294 e. The summed E-state index contributed by atoms with van der Waals surface area (Å²) >= 11 is 0. The van der Waals surface area contributed by atoms with Crippen molar-refractivity contribution in [1.29, 1.82) is 0 Å². The van der Waals surface area contributed by atoms with Gasteiger partial charge in [-0.1, -0.05) is 6.58 Å². The minimum absolute atomic E-state index is 0.0255. The molecule has 0 bridgehead atoms. The normalized spacial score (nSPS) is 27.1. The number of carbonyl (C=O) groups excluding carboxylic acids is 1. The number of carbonyl (C=O) groups is 1. The minimum atomic E-state index is -0.518. The van der Waals surface area contributed by atoms with Gasteiger partial charge in [0.25, 0.3) is 0 Å². The highest BCUT2D eigenvalue weighted by atomic mass is 17.2. The molecule has 1 aliphatic rings. The Morgan fingerprint density at radius 3 is 2.50 bits per heavy atom. The highest BCUT2D eigenvalue weighted by molar-refractivity contribution is 5.96. The van der Waals surface area contributed by atoms with Gasteiger partial charge in [0.15, 0.2) is 5.78 Å². The van der Waals surface area contributed by atoms with Gasteiger partial charge in [0.1, 0.15) is 5.60 Å². The summed E-state index contributed by atoms with van der Waals surface area (Å²) < 4.78 is 0. The number of rotatable bonds is 2. The van der Waals surface area contributed by atoms with E-state index < -0.39 is 5.60 Å². The highest BCUT2D eigenvalue weighted by Crippen LogP contribution is 2.30. The Hall–Kier alpha value is -0.670. The summed E-state index contributed by atoms with van der Waals surface area (Å²) in [4.78, 5) is 21.2. The second-order valence-electron chi connectivity index (χ2n) is 3.67. The zero-order valence-electron chi connectivity index (χ0n) is 7.72. The second-order valence-corrected chi connectivity index (χ2v) is 3.67. The average Bonchev–Trinajstić information content (AvgIpc) is 2.27. The number of hydrogen-bond acceptors (Lipinski definition) is 3. The van der Waals surface area contributed by atoms with E-state index in [1.54, 1.807) is 6.92 Å². The summed E-state index contributed by atoms with van der Waals surface area (Å²) in [6.45, 7) is 9.32. The van der Waals surface area contributed by atoms with Gasteiger partial charge in [-0.15, -0.1) is 0 Å². The van der Waals surface area contributed by atoms with Gasteiger partial charge >= 0.3 is 0 Å². The molecule has 0 aromatic rings. The fourth-order valence-electron chi connectivity index (χ4n) is 1.20. The summed E-state index contributed by atoms with van der Waals surface area (Å²) in [6.07, 6.45) is 0. The first kappa shape index (κ1) is 9.42. The van der Waals surface area contributed by atoms with E-state index in [0.717, 1.165) is 0 Å². The fourth-order valence-corrected chi connectivity index (χ4v) is 1.20. The lowest BCUT2D eigenvalue weighted by Crippen LogP contribution is -2.34. The molecule has 3 nitrogen and oxygen atoms in total. The van der Waals surface area contributed by atoms with Gasteiger partial charge in [-0.25, -0.2) is 9.78 Å². The van der Waals surface area contributed by atoms with E-state index in [0.29, 0.717) is 12.2 Å². The molecule has 0 aromatic heterocycles. The molecule has 0 aliphatic carbocycles. The van der Waals surface area contributed by atoms with Crippen LogP contribution < -0.4 is 0 Å². The molecule has 0 aromatic carbocycles. The van der Waals surface area contributed by atoms with Gasteiger partial charge in [0, 0.05) is 0 Å². The molecule has 68 valence electrons. The van der Waals surface area contributed by atoms with Gasteiger partial charge in [0.2, 0.25) is 0 Å². The maximum absolute atomic E-state index is 11.5. The molecule has 0 spiro atoms. The van der Waals surface area contributed by atoms with Crippen molar-refractivity contribution in [1.82, 2.24) is 0 Å². The highest BCUT2D eigenvalue weighted by Gasteiger charge is 2.42. The zero-order chi connectivity index (χ0) is 9.35. The third kappa shape index (κ3) is 1.57. The van der Waals surface area contributed by atoms with E-state index >= 15 is 0 Å². The lowest BCUT2D eigenvalue weighted by molar-refractivity contribution is -0.300. The van der Waals surface area contributed by atoms with Crippen LogP contribution in [0.1, 0.15) is 20.8 Å². The Labute approximate surface area is 72.3 Å². The predicted molar refractivity (Wildman–Crippen MR) is 44.4 cm³/mol. The summed E-state index contributed by atoms with van der Waals surface area (Å²) in [7, 11) is 0. The molecule has 1 unspecified atom stereocenters. The zero-order valence-corrected chi connectivity index (χ0v) is 7.72. The third-order valence-electron chi connectivity index (χ3n) is 2.08. The van der Waals surface area contributed by atoms with Crippen molar-refractivity contribution < 1.29 is 14.6 Å². The number of hydrogen-bond donors (Lipinski definition) is 0. The maximum atomic E-state index is 11.5. The molecule has 1 rings (SSSR count). The van der Waals surface area contributed by atoms with Gasteiger partial charge in [-0.05, 0) is 26.3 Å². The number of allylic oxidation sites excluding steroid dienone is 1. The van der Waals surface area contributed by atoms with E-state index in [9.17, 15) is 4.79 Å². The van der Waals surface area contributed by atoms with Gasteiger partial charge in [0.05, 0.1) is 12.5 Å². The van der Waals surface area contributed by atoms with Crippen LogP contribution in [0.25, 0.3) is 0 Å². The van der Waals surface area contributed by atoms with Crippen molar-refractivity contribution in [2.24, 2.45) is 5.92 Å². The monoisotopic (exact) mass is 170 g/mol. The number of ketones is 1. The average molecular weight is 170 g/mol. The van der Waals surface area contributed by atoms with Crippen molar-refractivity contribution in [3.05, 3.63) is 12.2 Å². The van der Waals surface area contributed by atoms with Crippen molar-refractivity contribution in [3.63, 3.8) is 0 Å². The molecule has 0 saturated carbocycles. The Kier molecular flexibility index (Phi) is 2.35. The van der Waals surface area contributed by atoms with Crippen LogP contribution >= 0.6 is 0 Å². The van der Waals surface area contributed by atoms with Crippen LogP contribution in [-0.4, -0.2) is 18.0 Å². The molecule has 1 fully saturated rings. The van der Waals surface area contributed by atoms with Crippen LogP contribution in [0.5, 0.6) is 0 Å². The standard InChI is InChI=1S/C9H14O3/c1-6(2)8(10)7-5-11-12-9(7,3)4/h7H,1,5H2,2-4H3. The topological polar surface area (TPSA) is 35.5 Å². The van der Waals surface area contributed by atoms with Crippen LogP contribution in [0.4, 0.5) is 0 Å². The predicted octanol–water partition coefficient (Wildman–Crippen LogP) is 1.49. The molecular formula is C9H14O3. The van der Waals surface area contributed by atoms with Crippen molar-refractivity contribution in [2.45, 2.75) is 26.4 Å². The van der Waals surface area contributed by atoms with E-state index in [1.807, 2.05) is 13.8 Å². The smallest absolute Gasteiger partial charge is 0.166 e. The van der Waals surface area contributed by atoms with Gasteiger partial charge < -0.3 is 0 Å². The first-order chi connectivity index (χ1) is 5.45. The summed E-state index contributed by atoms with van der Waals surface area (Å²) in [6, 6.07) is 0. The molecular weight excluding hydrogens is 156 g/mol. The summed E-state index contributed by atoms with van der Waals surface area (Å²) in [5, 5.41) is 0. The van der Waals surface area contributed by atoms with Crippen molar-refractivity contribution in [3.8, 4) is 0 Å². The number of Topliss-reactive ketones (excluding diaryl/α,β-unsaturated/α-hetero) is 1.